The SMILES string of the molecule is Cc1cc(C#N)cc(NCC(C)C2CC2)n1. The molecule has 3 nitrogen and oxygen atoms in total. The molecule has 1 saturated carbocycles. The predicted molar refractivity (Wildman–Crippen MR) is 64.1 cm³/mol. The first kappa shape index (κ1) is 10.9. The van der Waals surface area contributed by atoms with Crippen LogP contribution in [0.25, 0.3) is 0 Å². The van der Waals surface area contributed by atoms with Gasteiger partial charge in [-0.05, 0) is 43.7 Å². The van der Waals surface area contributed by atoms with Gasteiger partial charge in [-0.1, -0.05) is 6.92 Å². The van der Waals surface area contributed by atoms with Gasteiger partial charge in [0.2, 0.25) is 0 Å². The molecule has 0 bridgehead atoms. The molecular formula is C13H17N3. The number of nitriles is 1. The summed E-state index contributed by atoms with van der Waals surface area (Å²) >= 11 is 0. The highest BCUT2D eigenvalue weighted by atomic mass is 15.0. The highest BCUT2D eigenvalue weighted by molar-refractivity contribution is 5.44. The Morgan fingerprint density at radius 1 is 1.56 bits per heavy atom. The van der Waals surface area contributed by atoms with Crippen LogP contribution in [0, 0.1) is 30.1 Å². The minimum Gasteiger partial charge on any atom is -0.370 e. The van der Waals surface area contributed by atoms with E-state index in [0.29, 0.717) is 11.5 Å². The molecule has 1 aliphatic rings. The minimum absolute atomic E-state index is 0.675. The minimum atomic E-state index is 0.675. The summed E-state index contributed by atoms with van der Waals surface area (Å²) in [6.07, 6.45) is 2.74. The largest absolute Gasteiger partial charge is 0.370 e. The van der Waals surface area contributed by atoms with Crippen LogP contribution in [-0.2, 0) is 0 Å². The van der Waals surface area contributed by atoms with Crippen molar-refractivity contribution in [1.29, 1.82) is 5.26 Å². The lowest BCUT2D eigenvalue weighted by molar-refractivity contribution is 0.536. The van der Waals surface area contributed by atoms with Crippen molar-refractivity contribution in [3.63, 3.8) is 0 Å². The number of nitrogens with zero attached hydrogens (tertiary/aromatic N) is 2. The second-order valence-corrected chi connectivity index (χ2v) is 4.69. The van der Waals surface area contributed by atoms with Crippen molar-refractivity contribution in [2.75, 3.05) is 11.9 Å². The van der Waals surface area contributed by atoms with Crippen molar-refractivity contribution in [2.45, 2.75) is 26.7 Å². The molecule has 0 spiro atoms. The maximum atomic E-state index is 8.86. The van der Waals surface area contributed by atoms with E-state index in [1.165, 1.54) is 12.8 Å². The highest BCUT2D eigenvalue weighted by Crippen LogP contribution is 2.36. The van der Waals surface area contributed by atoms with Gasteiger partial charge in [-0.3, -0.25) is 0 Å². The fourth-order valence-corrected chi connectivity index (χ4v) is 1.92. The second-order valence-electron chi connectivity index (χ2n) is 4.69. The lowest BCUT2D eigenvalue weighted by Gasteiger charge is -2.12. The molecule has 1 aromatic heterocycles. The number of aryl methyl sites for hydroxylation is 1. The Labute approximate surface area is 96.5 Å². The zero-order valence-electron chi connectivity index (χ0n) is 9.83. The van der Waals surface area contributed by atoms with E-state index < -0.39 is 0 Å². The summed E-state index contributed by atoms with van der Waals surface area (Å²) in [6.45, 7) is 5.13. The van der Waals surface area contributed by atoms with E-state index in [-0.39, 0.29) is 0 Å². The third-order valence-corrected chi connectivity index (χ3v) is 3.11. The number of rotatable bonds is 4. The molecule has 84 valence electrons. The third-order valence-electron chi connectivity index (χ3n) is 3.11. The molecule has 1 heterocycles. The maximum absolute atomic E-state index is 8.86. The number of hydrogen-bond acceptors (Lipinski definition) is 3. The Morgan fingerprint density at radius 2 is 2.31 bits per heavy atom. The molecule has 1 unspecified atom stereocenters. The molecule has 0 amide bonds. The molecule has 0 saturated heterocycles. The van der Waals surface area contributed by atoms with Crippen LogP contribution in [0.2, 0.25) is 0 Å². The number of pyridine rings is 1. The fourth-order valence-electron chi connectivity index (χ4n) is 1.92. The lowest BCUT2D eigenvalue weighted by Crippen LogP contribution is -2.14. The quantitative estimate of drug-likeness (QED) is 0.840. The van der Waals surface area contributed by atoms with Gasteiger partial charge in [-0.15, -0.1) is 0 Å². The summed E-state index contributed by atoms with van der Waals surface area (Å²) in [5.41, 5.74) is 1.56. The lowest BCUT2D eigenvalue weighted by atomic mass is 10.1. The Kier molecular flexibility index (Phi) is 3.09. The summed E-state index contributed by atoms with van der Waals surface area (Å²) in [6, 6.07) is 5.76. The van der Waals surface area contributed by atoms with Crippen LogP contribution >= 0.6 is 0 Å². The van der Waals surface area contributed by atoms with Crippen LogP contribution < -0.4 is 5.32 Å². The predicted octanol–water partition coefficient (Wildman–Crippen LogP) is 2.72. The van der Waals surface area contributed by atoms with Gasteiger partial charge in [0, 0.05) is 12.2 Å². The summed E-state index contributed by atoms with van der Waals surface area (Å²) in [7, 11) is 0. The topological polar surface area (TPSA) is 48.7 Å². The fraction of sp³-hybridized carbons (Fsp3) is 0.538. The molecule has 0 aromatic carbocycles. The Bertz CT molecular complexity index is 416. The normalized spacial score (nSPS) is 16.6. The molecule has 1 aromatic rings. The van der Waals surface area contributed by atoms with Gasteiger partial charge in [0.05, 0.1) is 11.6 Å². The molecule has 2 rings (SSSR count). The first-order valence-electron chi connectivity index (χ1n) is 5.81. The van der Waals surface area contributed by atoms with E-state index in [1.807, 2.05) is 13.0 Å². The van der Waals surface area contributed by atoms with Gasteiger partial charge in [0.25, 0.3) is 0 Å². The van der Waals surface area contributed by atoms with Gasteiger partial charge >= 0.3 is 0 Å². The summed E-state index contributed by atoms with van der Waals surface area (Å²) in [4.78, 5) is 4.37. The van der Waals surface area contributed by atoms with E-state index >= 15 is 0 Å². The zero-order valence-corrected chi connectivity index (χ0v) is 9.83. The van der Waals surface area contributed by atoms with Crippen LogP contribution in [0.3, 0.4) is 0 Å². The smallest absolute Gasteiger partial charge is 0.127 e. The van der Waals surface area contributed by atoms with Crippen molar-refractivity contribution in [2.24, 2.45) is 11.8 Å². The molecular weight excluding hydrogens is 198 g/mol. The molecule has 0 radical (unpaired) electrons. The van der Waals surface area contributed by atoms with Crippen molar-refractivity contribution in [1.82, 2.24) is 4.98 Å². The number of hydrogen-bond donors (Lipinski definition) is 1. The average Bonchev–Trinajstić information content (AvgIpc) is 3.08. The van der Waals surface area contributed by atoms with Crippen molar-refractivity contribution in [3.8, 4) is 6.07 Å². The molecule has 16 heavy (non-hydrogen) atoms. The number of anilines is 1. The van der Waals surface area contributed by atoms with Crippen LogP contribution in [-0.4, -0.2) is 11.5 Å². The molecule has 0 aliphatic heterocycles. The number of nitrogens with one attached hydrogen (secondary N) is 1. The maximum Gasteiger partial charge on any atom is 0.127 e. The second kappa shape index (κ2) is 4.52. The van der Waals surface area contributed by atoms with Gasteiger partial charge in [-0.25, -0.2) is 4.98 Å². The van der Waals surface area contributed by atoms with Gasteiger partial charge < -0.3 is 5.32 Å². The monoisotopic (exact) mass is 215 g/mol. The van der Waals surface area contributed by atoms with Crippen molar-refractivity contribution in [3.05, 3.63) is 23.4 Å². The van der Waals surface area contributed by atoms with Gasteiger partial charge in [-0.2, -0.15) is 5.26 Å². The first-order chi connectivity index (χ1) is 7.69. The summed E-state index contributed by atoms with van der Waals surface area (Å²) < 4.78 is 0. The average molecular weight is 215 g/mol. The number of aromatic nitrogens is 1. The molecule has 1 N–H and O–H groups in total. The molecule has 1 atom stereocenters. The Morgan fingerprint density at radius 3 is 2.94 bits per heavy atom. The first-order valence-corrected chi connectivity index (χ1v) is 5.81. The van der Waals surface area contributed by atoms with Crippen molar-refractivity contribution >= 4 is 5.82 Å². The van der Waals surface area contributed by atoms with Gasteiger partial charge in [0.15, 0.2) is 0 Å². The van der Waals surface area contributed by atoms with E-state index in [2.05, 4.69) is 23.3 Å². The third kappa shape index (κ3) is 2.73. The molecule has 1 aliphatic carbocycles. The van der Waals surface area contributed by atoms with E-state index in [4.69, 9.17) is 5.26 Å². The van der Waals surface area contributed by atoms with E-state index in [9.17, 15) is 0 Å². The van der Waals surface area contributed by atoms with E-state index in [0.717, 1.165) is 24.0 Å². The molecule has 1 fully saturated rings. The standard InChI is InChI=1S/C13H17N3/c1-9(12-3-4-12)8-15-13-6-11(7-14)5-10(2)16-13/h5-6,9,12H,3-4,8H2,1-2H3,(H,15,16). The van der Waals surface area contributed by atoms with Crippen LogP contribution in [0.5, 0.6) is 0 Å². The Hall–Kier alpha value is -1.56. The summed E-state index contributed by atoms with van der Waals surface area (Å²) in [5.74, 6) is 2.42. The van der Waals surface area contributed by atoms with Crippen LogP contribution in [0.4, 0.5) is 5.82 Å². The zero-order chi connectivity index (χ0) is 11.5. The highest BCUT2D eigenvalue weighted by Gasteiger charge is 2.27. The summed E-state index contributed by atoms with van der Waals surface area (Å²) in [5, 5.41) is 12.2. The van der Waals surface area contributed by atoms with Gasteiger partial charge in [0.1, 0.15) is 5.82 Å². The van der Waals surface area contributed by atoms with Crippen LogP contribution in [0.1, 0.15) is 31.0 Å². The molecule has 3 heteroatoms. The Balaban J connectivity index is 1.98. The van der Waals surface area contributed by atoms with Crippen molar-refractivity contribution < 1.29 is 0 Å². The van der Waals surface area contributed by atoms with Crippen LogP contribution in [0.15, 0.2) is 12.1 Å². The van der Waals surface area contributed by atoms with E-state index in [1.54, 1.807) is 6.07 Å².